The highest BCUT2D eigenvalue weighted by molar-refractivity contribution is 6.01. The number of Topliss-reactive ketones (excluding diaryl/α,β-unsaturated/α-hetero) is 1. The van der Waals surface area contributed by atoms with E-state index in [1.54, 1.807) is 0 Å². The molecule has 14 heavy (non-hydrogen) atoms. The van der Waals surface area contributed by atoms with Crippen LogP contribution in [0.2, 0.25) is 0 Å². The summed E-state index contributed by atoms with van der Waals surface area (Å²) >= 11 is 0. The van der Waals surface area contributed by atoms with Gasteiger partial charge in [0, 0.05) is 19.0 Å². The van der Waals surface area contributed by atoms with Gasteiger partial charge < -0.3 is 5.73 Å². The van der Waals surface area contributed by atoms with Gasteiger partial charge in [-0.05, 0) is 20.3 Å². The molecule has 0 aliphatic heterocycles. The standard InChI is InChI=1S/C10H15N3O/c1-6(2)13-8-3-4-9(14)10(8)7(5-11)12-13/h6H,3-5,11H2,1-2H3. The third-order valence-electron chi connectivity index (χ3n) is 2.63. The fourth-order valence-corrected chi connectivity index (χ4v) is 2.01. The molecular weight excluding hydrogens is 178 g/mol. The van der Waals surface area contributed by atoms with Crippen LogP contribution in [0.15, 0.2) is 0 Å². The summed E-state index contributed by atoms with van der Waals surface area (Å²) in [6, 6.07) is 0.301. The van der Waals surface area contributed by atoms with Crippen molar-refractivity contribution in [2.45, 2.75) is 39.3 Å². The van der Waals surface area contributed by atoms with Crippen molar-refractivity contribution in [3.8, 4) is 0 Å². The summed E-state index contributed by atoms with van der Waals surface area (Å²) in [4.78, 5) is 11.6. The lowest BCUT2D eigenvalue weighted by atomic mass is 10.2. The molecule has 0 fully saturated rings. The highest BCUT2D eigenvalue weighted by atomic mass is 16.1. The second-order valence-corrected chi connectivity index (χ2v) is 3.93. The van der Waals surface area contributed by atoms with Crippen LogP contribution in [0.4, 0.5) is 0 Å². The van der Waals surface area contributed by atoms with E-state index in [0.717, 1.165) is 23.4 Å². The summed E-state index contributed by atoms with van der Waals surface area (Å²) in [5, 5.41) is 4.37. The summed E-state index contributed by atoms with van der Waals surface area (Å²) in [5.74, 6) is 0.201. The van der Waals surface area contributed by atoms with Gasteiger partial charge in [0.2, 0.25) is 0 Å². The number of rotatable bonds is 2. The quantitative estimate of drug-likeness (QED) is 0.763. The van der Waals surface area contributed by atoms with E-state index in [1.165, 1.54) is 0 Å². The van der Waals surface area contributed by atoms with Gasteiger partial charge in [0.05, 0.1) is 17.0 Å². The van der Waals surface area contributed by atoms with Crippen molar-refractivity contribution in [2.24, 2.45) is 5.73 Å². The van der Waals surface area contributed by atoms with E-state index >= 15 is 0 Å². The Morgan fingerprint density at radius 3 is 2.79 bits per heavy atom. The number of hydrogen-bond acceptors (Lipinski definition) is 3. The van der Waals surface area contributed by atoms with Crippen molar-refractivity contribution >= 4 is 5.78 Å². The summed E-state index contributed by atoms with van der Waals surface area (Å²) in [5.41, 5.74) is 8.20. The molecule has 4 heteroatoms. The Kier molecular flexibility index (Phi) is 2.15. The molecule has 0 spiro atoms. The number of nitrogens with zero attached hydrogens (tertiary/aromatic N) is 2. The van der Waals surface area contributed by atoms with Gasteiger partial charge in [-0.2, -0.15) is 5.10 Å². The average molecular weight is 193 g/mol. The van der Waals surface area contributed by atoms with Crippen molar-refractivity contribution in [1.29, 1.82) is 0 Å². The Labute approximate surface area is 83.1 Å². The van der Waals surface area contributed by atoms with Crippen molar-refractivity contribution in [3.05, 3.63) is 17.0 Å². The largest absolute Gasteiger partial charge is 0.325 e. The maximum atomic E-state index is 11.6. The number of fused-ring (bicyclic) bond motifs is 1. The molecule has 0 atom stereocenters. The minimum Gasteiger partial charge on any atom is -0.325 e. The first-order chi connectivity index (χ1) is 6.65. The molecule has 0 radical (unpaired) electrons. The van der Waals surface area contributed by atoms with Crippen molar-refractivity contribution in [2.75, 3.05) is 0 Å². The Balaban J connectivity index is 2.57. The molecule has 76 valence electrons. The molecule has 0 saturated heterocycles. The lowest BCUT2D eigenvalue weighted by Crippen LogP contribution is -2.08. The lowest BCUT2D eigenvalue weighted by Gasteiger charge is -2.08. The minimum atomic E-state index is 0.201. The second-order valence-electron chi connectivity index (χ2n) is 3.93. The van der Waals surface area contributed by atoms with Crippen molar-refractivity contribution in [1.82, 2.24) is 9.78 Å². The van der Waals surface area contributed by atoms with Gasteiger partial charge in [0.1, 0.15) is 0 Å². The second kappa shape index (κ2) is 3.20. The Hall–Kier alpha value is -1.16. The van der Waals surface area contributed by atoms with Crippen LogP contribution in [0.1, 0.15) is 48.1 Å². The van der Waals surface area contributed by atoms with Crippen LogP contribution in [0.25, 0.3) is 0 Å². The van der Waals surface area contributed by atoms with E-state index in [1.807, 2.05) is 4.68 Å². The van der Waals surface area contributed by atoms with Crippen LogP contribution in [0.3, 0.4) is 0 Å². The third-order valence-corrected chi connectivity index (χ3v) is 2.63. The zero-order chi connectivity index (χ0) is 10.3. The monoisotopic (exact) mass is 193 g/mol. The number of ketones is 1. The first-order valence-corrected chi connectivity index (χ1v) is 4.98. The number of aromatic nitrogens is 2. The molecule has 1 heterocycles. The van der Waals surface area contributed by atoms with Crippen LogP contribution < -0.4 is 5.73 Å². The van der Waals surface area contributed by atoms with Crippen LogP contribution >= 0.6 is 0 Å². The molecule has 0 bridgehead atoms. The van der Waals surface area contributed by atoms with Gasteiger partial charge in [0.15, 0.2) is 5.78 Å². The number of nitrogens with two attached hydrogens (primary N) is 1. The maximum Gasteiger partial charge on any atom is 0.167 e. The molecule has 0 aromatic carbocycles. The molecule has 4 nitrogen and oxygen atoms in total. The van der Waals surface area contributed by atoms with E-state index in [4.69, 9.17) is 5.73 Å². The Morgan fingerprint density at radius 1 is 1.50 bits per heavy atom. The SMILES string of the molecule is CC(C)n1nc(CN)c2c1CCC2=O. The molecule has 1 aliphatic rings. The average Bonchev–Trinajstić information content (AvgIpc) is 2.66. The van der Waals surface area contributed by atoms with Gasteiger partial charge in [-0.25, -0.2) is 0 Å². The summed E-state index contributed by atoms with van der Waals surface area (Å²) in [7, 11) is 0. The van der Waals surface area contributed by atoms with Gasteiger partial charge in [-0.1, -0.05) is 0 Å². The van der Waals surface area contributed by atoms with Gasteiger partial charge in [-0.15, -0.1) is 0 Å². The highest BCUT2D eigenvalue weighted by Gasteiger charge is 2.28. The van der Waals surface area contributed by atoms with E-state index in [2.05, 4.69) is 18.9 Å². The zero-order valence-electron chi connectivity index (χ0n) is 8.58. The van der Waals surface area contributed by atoms with Crippen molar-refractivity contribution in [3.63, 3.8) is 0 Å². The zero-order valence-corrected chi connectivity index (χ0v) is 8.58. The molecule has 1 aromatic rings. The van der Waals surface area contributed by atoms with Gasteiger partial charge >= 0.3 is 0 Å². The van der Waals surface area contributed by atoms with Gasteiger partial charge in [0.25, 0.3) is 0 Å². The maximum absolute atomic E-state index is 11.6. The fraction of sp³-hybridized carbons (Fsp3) is 0.600. The topological polar surface area (TPSA) is 60.9 Å². The molecule has 1 aromatic heterocycles. The molecule has 0 amide bonds. The van der Waals surface area contributed by atoms with E-state index in [0.29, 0.717) is 19.0 Å². The number of hydrogen-bond donors (Lipinski definition) is 1. The molecule has 0 saturated carbocycles. The first-order valence-electron chi connectivity index (χ1n) is 4.98. The fourth-order valence-electron chi connectivity index (χ4n) is 2.01. The molecule has 2 rings (SSSR count). The summed E-state index contributed by atoms with van der Waals surface area (Å²) in [6.07, 6.45) is 1.44. The van der Waals surface area contributed by atoms with Crippen LogP contribution in [-0.2, 0) is 13.0 Å². The van der Waals surface area contributed by atoms with Crippen LogP contribution in [0, 0.1) is 0 Å². The molecular formula is C10H15N3O. The Morgan fingerprint density at radius 2 is 2.21 bits per heavy atom. The summed E-state index contributed by atoms with van der Waals surface area (Å²) < 4.78 is 1.93. The smallest absolute Gasteiger partial charge is 0.167 e. The van der Waals surface area contributed by atoms with Crippen molar-refractivity contribution < 1.29 is 4.79 Å². The van der Waals surface area contributed by atoms with E-state index in [-0.39, 0.29) is 5.78 Å². The molecule has 0 unspecified atom stereocenters. The van der Waals surface area contributed by atoms with Crippen LogP contribution in [0.5, 0.6) is 0 Å². The predicted octanol–water partition coefficient (Wildman–Crippen LogP) is 1.05. The van der Waals surface area contributed by atoms with E-state index in [9.17, 15) is 4.79 Å². The molecule has 1 aliphatic carbocycles. The first kappa shape index (κ1) is 9.40. The summed E-state index contributed by atoms with van der Waals surface area (Å²) in [6.45, 7) is 4.49. The van der Waals surface area contributed by atoms with Gasteiger partial charge in [-0.3, -0.25) is 9.48 Å². The Bertz CT molecular complexity index is 379. The third kappa shape index (κ3) is 1.18. The highest BCUT2D eigenvalue weighted by Crippen LogP contribution is 2.27. The minimum absolute atomic E-state index is 0.201. The molecule has 2 N–H and O–H groups in total. The predicted molar refractivity (Wildman–Crippen MR) is 53.2 cm³/mol. The normalized spacial score (nSPS) is 15.3. The lowest BCUT2D eigenvalue weighted by molar-refractivity contribution is 0.0993. The number of carbonyl (C=O) groups is 1. The van der Waals surface area contributed by atoms with Crippen LogP contribution in [-0.4, -0.2) is 15.6 Å². The van der Waals surface area contributed by atoms with E-state index < -0.39 is 0 Å². The number of carbonyl (C=O) groups excluding carboxylic acids is 1.